The van der Waals surface area contributed by atoms with Gasteiger partial charge in [-0.3, -0.25) is 4.79 Å². The minimum atomic E-state index is -1.10. The molecule has 0 saturated heterocycles. The highest BCUT2D eigenvalue weighted by Gasteiger charge is 2.16. The maximum Gasteiger partial charge on any atom is 0.331 e. The molecule has 1 rings (SSSR count). The summed E-state index contributed by atoms with van der Waals surface area (Å²) < 4.78 is 0. The summed E-state index contributed by atoms with van der Waals surface area (Å²) in [6.45, 7) is 3.19. The smallest absolute Gasteiger partial charge is 0.331 e. The molecule has 5 nitrogen and oxygen atoms in total. The van der Waals surface area contributed by atoms with E-state index in [2.05, 4.69) is 0 Å². The van der Waals surface area contributed by atoms with Crippen molar-refractivity contribution < 1.29 is 19.8 Å². The van der Waals surface area contributed by atoms with Crippen molar-refractivity contribution in [2.24, 2.45) is 0 Å². The van der Waals surface area contributed by atoms with Crippen LogP contribution in [-0.2, 0) is 16.1 Å². The van der Waals surface area contributed by atoms with Crippen LogP contribution in [0, 0.1) is 0 Å². The van der Waals surface area contributed by atoms with Crippen molar-refractivity contribution in [3.63, 3.8) is 0 Å². The normalized spacial score (nSPS) is 11.7. The molecule has 0 unspecified atom stereocenters. The molecule has 0 heterocycles. The molecule has 0 atom stereocenters. The van der Waals surface area contributed by atoms with E-state index in [4.69, 9.17) is 5.11 Å². The topological polar surface area (TPSA) is 77.8 Å². The van der Waals surface area contributed by atoms with Crippen LogP contribution in [-0.4, -0.2) is 34.0 Å². The monoisotopic (exact) mass is 263 g/mol. The number of aliphatic carboxylic acids is 1. The zero-order valence-electron chi connectivity index (χ0n) is 11.2. The van der Waals surface area contributed by atoms with Gasteiger partial charge in [-0.2, -0.15) is 0 Å². The van der Waals surface area contributed by atoms with Crippen LogP contribution in [0.5, 0.6) is 5.75 Å². The summed E-state index contributed by atoms with van der Waals surface area (Å²) in [6.07, 6.45) is 0. The third kappa shape index (κ3) is 3.84. The Hall–Kier alpha value is -2.30. The average molecular weight is 263 g/mol. The van der Waals surface area contributed by atoms with E-state index in [1.807, 2.05) is 0 Å². The SMILES string of the molecule is CC(C(=O)O)=C(C)C(=O)N(C)Cc1cccc(O)c1. The molecule has 0 aromatic heterocycles. The first-order valence-corrected chi connectivity index (χ1v) is 5.77. The second-order valence-corrected chi connectivity index (χ2v) is 4.39. The summed E-state index contributed by atoms with van der Waals surface area (Å²) in [5, 5.41) is 18.2. The van der Waals surface area contributed by atoms with E-state index in [1.54, 1.807) is 31.3 Å². The standard InChI is InChI=1S/C14H17NO4/c1-9(10(2)14(18)19)13(17)15(3)8-11-5-4-6-12(16)7-11/h4-7,16H,8H2,1-3H3,(H,18,19). The fourth-order valence-corrected chi connectivity index (χ4v) is 1.61. The Kier molecular flexibility index (Phi) is 4.69. The zero-order valence-corrected chi connectivity index (χ0v) is 11.2. The number of phenols is 1. The van der Waals surface area contributed by atoms with E-state index in [9.17, 15) is 14.7 Å². The van der Waals surface area contributed by atoms with Crippen LogP contribution in [0.15, 0.2) is 35.4 Å². The van der Waals surface area contributed by atoms with Crippen LogP contribution in [0.3, 0.4) is 0 Å². The molecule has 19 heavy (non-hydrogen) atoms. The van der Waals surface area contributed by atoms with Gasteiger partial charge in [-0.15, -0.1) is 0 Å². The van der Waals surface area contributed by atoms with E-state index in [-0.39, 0.29) is 22.8 Å². The summed E-state index contributed by atoms with van der Waals surface area (Å²) >= 11 is 0. The van der Waals surface area contributed by atoms with E-state index >= 15 is 0 Å². The first-order chi connectivity index (χ1) is 8.82. The summed E-state index contributed by atoms with van der Waals surface area (Å²) in [4.78, 5) is 24.2. The molecule has 0 saturated carbocycles. The number of carbonyl (C=O) groups is 2. The maximum absolute atomic E-state index is 12.0. The molecule has 1 aromatic carbocycles. The zero-order chi connectivity index (χ0) is 14.6. The van der Waals surface area contributed by atoms with E-state index in [1.165, 1.54) is 18.7 Å². The van der Waals surface area contributed by atoms with Crippen LogP contribution < -0.4 is 0 Å². The Balaban J connectivity index is 2.84. The summed E-state index contributed by atoms with van der Waals surface area (Å²) in [5.74, 6) is -1.31. The third-order valence-corrected chi connectivity index (χ3v) is 2.88. The molecule has 0 aliphatic rings. The molecule has 0 bridgehead atoms. The van der Waals surface area contributed by atoms with Crippen LogP contribution >= 0.6 is 0 Å². The number of carboxylic acid groups (broad SMARTS) is 1. The Morgan fingerprint density at radius 3 is 2.37 bits per heavy atom. The molecule has 1 amide bonds. The predicted octanol–water partition coefficient (Wildman–Crippen LogP) is 1.77. The molecule has 102 valence electrons. The summed E-state index contributed by atoms with van der Waals surface area (Å²) in [6, 6.07) is 6.58. The van der Waals surface area contributed by atoms with E-state index in [0.29, 0.717) is 6.54 Å². The number of likely N-dealkylation sites (N-methyl/N-ethyl adjacent to an activating group) is 1. The molecule has 1 aromatic rings. The molecule has 0 aliphatic heterocycles. The minimum absolute atomic E-state index is 0.0350. The van der Waals surface area contributed by atoms with E-state index in [0.717, 1.165) is 5.56 Å². The van der Waals surface area contributed by atoms with Crippen molar-refractivity contribution in [2.45, 2.75) is 20.4 Å². The molecular weight excluding hydrogens is 246 g/mol. The molecule has 0 fully saturated rings. The Morgan fingerprint density at radius 1 is 1.21 bits per heavy atom. The van der Waals surface area contributed by atoms with Gasteiger partial charge in [-0.25, -0.2) is 4.79 Å². The molecular formula is C14H17NO4. The van der Waals surface area contributed by atoms with E-state index < -0.39 is 5.97 Å². The van der Waals surface area contributed by atoms with Gasteiger partial charge >= 0.3 is 5.97 Å². The quantitative estimate of drug-likeness (QED) is 0.811. The third-order valence-electron chi connectivity index (χ3n) is 2.88. The first kappa shape index (κ1) is 14.8. The number of rotatable bonds is 4. The van der Waals surface area contributed by atoms with Gasteiger partial charge in [-0.05, 0) is 31.5 Å². The molecule has 2 N–H and O–H groups in total. The Bertz CT molecular complexity index is 534. The summed E-state index contributed by atoms with van der Waals surface area (Å²) in [5.41, 5.74) is 1.01. The highest BCUT2D eigenvalue weighted by Crippen LogP contribution is 2.14. The van der Waals surface area contributed by atoms with Gasteiger partial charge in [0.2, 0.25) is 5.91 Å². The van der Waals surface area contributed by atoms with Crippen LogP contribution in [0.25, 0.3) is 0 Å². The van der Waals surface area contributed by atoms with Crippen molar-refractivity contribution in [3.05, 3.63) is 41.0 Å². The minimum Gasteiger partial charge on any atom is -0.508 e. The number of carboxylic acids is 1. The van der Waals surface area contributed by atoms with Gasteiger partial charge in [0.1, 0.15) is 5.75 Å². The highest BCUT2D eigenvalue weighted by atomic mass is 16.4. The van der Waals surface area contributed by atoms with Crippen molar-refractivity contribution in [1.82, 2.24) is 4.90 Å². The van der Waals surface area contributed by atoms with Crippen molar-refractivity contribution in [1.29, 1.82) is 0 Å². The van der Waals surface area contributed by atoms with Crippen molar-refractivity contribution in [2.75, 3.05) is 7.05 Å². The maximum atomic E-state index is 12.0. The molecule has 0 spiro atoms. The fraction of sp³-hybridized carbons (Fsp3) is 0.286. The summed E-state index contributed by atoms with van der Waals surface area (Å²) in [7, 11) is 1.59. The number of phenolic OH excluding ortho intramolecular Hbond substituents is 1. The van der Waals surface area contributed by atoms with Gasteiger partial charge < -0.3 is 15.1 Å². The van der Waals surface area contributed by atoms with Gasteiger partial charge in [0.15, 0.2) is 0 Å². The number of benzene rings is 1. The number of hydrogen-bond donors (Lipinski definition) is 2. The Morgan fingerprint density at radius 2 is 1.84 bits per heavy atom. The lowest BCUT2D eigenvalue weighted by molar-refractivity contribution is -0.133. The Labute approximate surface area is 111 Å². The number of nitrogens with zero attached hydrogens (tertiary/aromatic N) is 1. The van der Waals surface area contributed by atoms with Crippen LogP contribution in [0.4, 0.5) is 0 Å². The van der Waals surface area contributed by atoms with Crippen molar-refractivity contribution in [3.8, 4) is 5.75 Å². The molecule has 0 aliphatic carbocycles. The van der Waals surface area contributed by atoms with Gasteiger partial charge in [0, 0.05) is 24.7 Å². The predicted molar refractivity (Wildman–Crippen MR) is 70.6 cm³/mol. The van der Waals surface area contributed by atoms with Crippen LogP contribution in [0.1, 0.15) is 19.4 Å². The largest absolute Gasteiger partial charge is 0.508 e. The first-order valence-electron chi connectivity index (χ1n) is 5.77. The highest BCUT2D eigenvalue weighted by molar-refractivity contribution is 6.01. The van der Waals surface area contributed by atoms with Gasteiger partial charge in [0.05, 0.1) is 0 Å². The number of carbonyl (C=O) groups excluding carboxylic acids is 1. The fourth-order valence-electron chi connectivity index (χ4n) is 1.61. The molecule has 5 heteroatoms. The van der Waals surface area contributed by atoms with Gasteiger partial charge in [0.25, 0.3) is 0 Å². The lowest BCUT2D eigenvalue weighted by atomic mass is 10.1. The molecule has 0 radical (unpaired) electrons. The van der Waals surface area contributed by atoms with Crippen molar-refractivity contribution >= 4 is 11.9 Å². The van der Waals surface area contributed by atoms with Crippen LogP contribution in [0.2, 0.25) is 0 Å². The second-order valence-electron chi connectivity index (χ2n) is 4.39. The number of hydrogen-bond acceptors (Lipinski definition) is 3. The van der Waals surface area contributed by atoms with Gasteiger partial charge in [-0.1, -0.05) is 12.1 Å². The lowest BCUT2D eigenvalue weighted by Gasteiger charge is -2.18. The number of amides is 1. The second kappa shape index (κ2) is 6.04. The average Bonchev–Trinajstić information content (AvgIpc) is 2.35. The number of aromatic hydroxyl groups is 1. The lowest BCUT2D eigenvalue weighted by Crippen LogP contribution is -2.28.